The predicted molar refractivity (Wildman–Crippen MR) is 70.0 cm³/mol. The van der Waals surface area contributed by atoms with E-state index in [-0.39, 0.29) is 0 Å². The van der Waals surface area contributed by atoms with Crippen LogP contribution in [-0.4, -0.2) is 6.29 Å². The highest BCUT2D eigenvalue weighted by Crippen LogP contribution is 2.35. The van der Waals surface area contributed by atoms with E-state index in [9.17, 15) is 4.79 Å². The van der Waals surface area contributed by atoms with Gasteiger partial charge in [-0.15, -0.1) is 0 Å². The van der Waals surface area contributed by atoms with Gasteiger partial charge in [0.05, 0.1) is 0 Å². The largest absolute Gasteiger partial charge is 0.298 e. The highest BCUT2D eigenvalue weighted by Gasteiger charge is 2.11. The summed E-state index contributed by atoms with van der Waals surface area (Å²) >= 11 is 9.59. The molecule has 0 fully saturated rings. The van der Waals surface area contributed by atoms with Gasteiger partial charge in [0, 0.05) is 20.6 Å². The maximum atomic E-state index is 11.0. The monoisotopic (exact) mass is 294 g/mol. The summed E-state index contributed by atoms with van der Waals surface area (Å²) in [5, 5.41) is 0.580. The number of carbonyl (C=O) groups excluding carboxylic acids is 1. The van der Waals surface area contributed by atoms with Gasteiger partial charge in [0.15, 0.2) is 6.29 Å². The van der Waals surface area contributed by atoms with Crippen molar-refractivity contribution in [1.82, 2.24) is 0 Å². The number of carbonyl (C=O) groups is 1. The third kappa shape index (κ3) is 2.04. The summed E-state index contributed by atoms with van der Waals surface area (Å²) in [6, 6.07) is 13.0. The van der Waals surface area contributed by atoms with Crippen molar-refractivity contribution >= 4 is 33.8 Å². The molecule has 0 radical (unpaired) electrons. The predicted octanol–water partition coefficient (Wildman–Crippen LogP) is 4.58. The molecule has 0 bridgehead atoms. The van der Waals surface area contributed by atoms with E-state index in [0.717, 1.165) is 21.9 Å². The molecule has 0 aliphatic carbocycles. The van der Waals surface area contributed by atoms with Crippen LogP contribution in [0.1, 0.15) is 10.4 Å². The molecule has 0 unspecified atom stereocenters. The first-order valence-electron chi connectivity index (χ1n) is 4.72. The maximum Gasteiger partial charge on any atom is 0.150 e. The lowest BCUT2D eigenvalue weighted by atomic mass is 10.0. The van der Waals surface area contributed by atoms with E-state index < -0.39 is 0 Å². The lowest BCUT2D eigenvalue weighted by molar-refractivity contribution is 0.112. The highest BCUT2D eigenvalue weighted by molar-refractivity contribution is 9.10. The molecular formula is C13H8BrClO. The lowest BCUT2D eigenvalue weighted by Gasteiger charge is -2.09. The van der Waals surface area contributed by atoms with Gasteiger partial charge in [-0.3, -0.25) is 4.79 Å². The topological polar surface area (TPSA) is 17.1 Å². The molecule has 0 heterocycles. The molecule has 2 rings (SSSR count). The number of halogens is 2. The zero-order chi connectivity index (χ0) is 11.5. The molecule has 1 nitrogen and oxygen atoms in total. The summed E-state index contributed by atoms with van der Waals surface area (Å²) in [4.78, 5) is 11.0. The van der Waals surface area contributed by atoms with E-state index in [0.29, 0.717) is 10.6 Å². The maximum absolute atomic E-state index is 11.0. The number of aldehydes is 1. The molecule has 0 atom stereocenters. The van der Waals surface area contributed by atoms with Crippen LogP contribution in [0.2, 0.25) is 5.02 Å². The molecule has 0 aliphatic rings. The normalized spacial score (nSPS) is 10.1. The fraction of sp³-hybridized carbons (Fsp3) is 0. The van der Waals surface area contributed by atoms with Crippen molar-refractivity contribution in [1.29, 1.82) is 0 Å². The number of hydrogen-bond donors (Lipinski definition) is 0. The van der Waals surface area contributed by atoms with Gasteiger partial charge >= 0.3 is 0 Å². The van der Waals surface area contributed by atoms with Crippen molar-refractivity contribution in [3.05, 3.63) is 57.5 Å². The fourth-order valence-corrected chi connectivity index (χ4v) is 2.35. The smallest absolute Gasteiger partial charge is 0.150 e. The van der Waals surface area contributed by atoms with E-state index in [1.165, 1.54) is 0 Å². The van der Waals surface area contributed by atoms with Crippen LogP contribution in [-0.2, 0) is 0 Å². The highest BCUT2D eigenvalue weighted by atomic mass is 79.9. The Kier molecular flexibility index (Phi) is 3.42. The van der Waals surface area contributed by atoms with Crippen LogP contribution in [0, 0.1) is 0 Å². The van der Waals surface area contributed by atoms with Crippen molar-refractivity contribution in [3.63, 3.8) is 0 Å². The van der Waals surface area contributed by atoms with Gasteiger partial charge in [-0.2, -0.15) is 0 Å². The quantitative estimate of drug-likeness (QED) is 0.741. The fourth-order valence-electron chi connectivity index (χ4n) is 1.59. The van der Waals surface area contributed by atoms with E-state index >= 15 is 0 Å². The molecule has 16 heavy (non-hydrogen) atoms. The first kappa shape index (κ1) is 11.4. The molecule has 0 saturated heterocycles. The van der Waals surface area contributed by atoms with Crippen molar-refractivity contribution < 1.29 is 4.79 Å². The van der Waals surface area contributed by atoms with Gasteiger partial charge in [0.25, 0.3) is 0 Å². The number of rotatable bonds is 2. The van der Waals surface area contributed by atoms with Crippen LogP contribution in [0.15, 0.2) is 46.9 Å². The van der Waals surface area contributed by atoms with Gasteiger partial charge < -0.3 is 0 Å². The third-order valence-corrected chi connectivity index (χ3v) is 3.32. The van der Waals surface area contributed by atoms with Crippen molar-refractivity contribution in [3.8, 4) is 11.1 Å². The second kappa shape index (κ2) is 4.81. The van der Waals surface area contributed by atoms with Crippen molar-refractivity contribution in [2.45, 2.75) is 0 Å². The van der Waals surface area contributed by atoms with Crippen LogP contribution in [0.25, 0.3) is 11.1 Å². The summed E-state index contributed by atoms with van der Waals surface area (Å²) < 4.78 is 0.922. The molecule has 0 saturated carbocycles. The van der Waals surface area contributed by atoms with E-state index in [2.05, 4.69) is 15.9 Å². The molecule has 0 N–H and O–H groups in total. The molecule has 2 aromatic carbocycles. The Labute approximate surface area is 107 Å². The Hall–Kier alpha value is -1.12. The van der Waals surface area contributed by atoms with Crippen molar-refractivity contribution in [2.75, 3.05) is 0 Å². The Balaban J connectivity index is 2.73. The first-order valence-corrected chi connectivity index (χ1v) is 5.89. The third-order valence-electron chi connectivity index (χ3n) is 2.32. The van der Waals surface area contributed by atoms with Gasteiger partial charge in [-0.05, 0) is 17.7 Å². The Morgan fingerprint density at radius 3 is 2.50 bits per heavy atom. The minimum Gasteiger partial charge on any atom is -0.298 e. The van der Waals surface area contributed by atoms with Gasteiger partial charge in [-0.1, -0.05) is 57.9 Å². The van der Waals surface area contributed by atoms with Crippen LogP contribution in [0.5, 0.6) is 0 Å². The van der Waals surface area contributed by atoms with Crippen molar-refractivity contribution in [2.24, 2.45) is 0 Å². The van der Waals surface area contributed by atoms with E-state index in [1.54, 1.807) is 18.2 Å². The molecule has 80 valence electrons. The minimum atomic E-state index is 0.580. The molecule has 0 spiro atoms. The summed E-state index contributed by atoms with van der Waals surface area (Å²) in [7, 11) is 0. The summed E-state index contributed by atoms with van der Waals surface area (Å²) in [6.07, 6.45) is 0.820. The zero-order valence-corrected chi connectivity index (χ0v) is 10.6. The number of benzene rings is 2. The summed E-state index contributed by atoms with van der Waals surface area (Å²) in [5.41, 5.74) is 2.29. The Morgan fingerprint density at radius 2 is 1.81 bits per heavy atom. The second-order valence-corrected chi connectivity index (χ2v) is 4.56. The summed E-state index contributed by atoms with van der Waals surface area (Å²) in [6.45, 7) is 0. The Morgan fingerprint density at radius 1 is 1.06 bits per heavy atom. The molecule has 2 aromatic rings. The van der Waals surface area contributed by atoms with Gasteiger partial charge in [0.1, 0.15) is 0 Å². The van der Waals surface area contributed by atoms with Crippen LogP contribution < -0.4 is 0 Å². The average Bonchev–Trinajstić information content (AvgIpc) is 2.30. The van der Waals surface area contributed by atoms with Crippen LogP contribution in [0.4, 0.5) is 0 Å². The number of hydrogen-bond acceptors (Lipinski definition) is 1. The molecular weight excluding hydrogens is 287 g/mol. The van der Waals surface area contributed by atoms with E-state index in [1.807, 2.05) is 24.3 Å². The molecule has 0 aromatic heterocycles. The SMILES string of the molecule is O=Cc1cccc(Cl)c1-c1ccccc1Br. The Bertz CT molecular complexity index is 537. The lowest BCUT2D eigenvalue weighted by Crippen LogP contribution is -1.89. The average molecular weight is 296 g/mol. The van der Waals surface area contributed by atoms with E-state index in [4.69, 9.17) is 11.6 Å². The second-order valence-electron chi connectivity index (χ2n) is 3.30. The summed E-state index contributed by atoms with van der Waals surface area (Å²) in [5.74, 6) is 0. The van der Waals surface area contributed by atoms with Crippen LogP contribution in [0.3, 0.4) is 0 Å². The van der Waals surface area contributed by atoms with Gasteiger partial charge in [-0.25, -0.2) is 0 Å². The zero-order valence-electron chi connectivity index (χ0n) is 8.28. The first-order chi connectivity index (χ1) is 7.74. The molecule has 0 aliphatic heterocycles. The molecule has 3 heteroatoms. The van der Waals surface area contributed by atoms with Gasteiger partial charge in [0.2, 0.25) is 0 Å². The molecule has 0 amide bonds. The standard InChI is InChI=1S/C13H8BrClO/c14-11-6-2-1-5-10(11)13-9(8-16)4-3-7-12(13)15/h1-8H. The minimum absolute atomic E-state index is 0.580. The van der Waals surface area contributed by atoms with Crippen LogP contribution >= 0.6 is 27.5 Å².